The summed E-state index contributed by atoms with van der Waals surface area (Å²) in [7, 11) is 4.19. The van der Waals surface area contributed by atoms with Gasteiger partial charge in [-0.2, -0.15) is 0 Å². The number of ether oxygens (including phenoxy) is 5. The number of methoxy groups -OCH3 is 3. The topological polar surface area (TPSA) is 172 Å². The van der Waals surface area contributed by atoms with Crippen molar-refractivity contribution in [3.05, 3.63) is 69.0 Å². The third-order valence-corrected chi connectivity index (χ3v) is 16.6. The Morgan fingerprint density at radius 2 is 1.74 bits per heavy atom. The highest BCUT2D eigenvalue weighted by Gasteiger charge is 2.76. The number of aliphatic hydroxyl groups excluding tert-OH is 2. The van der Waals surface area contributed by atoms with Crippen molar-refractivity contribution >= 4 is 29.1 Å². The van der Waals surface area contributed by atoms with Gasteiger partial charge < -0.3 is 39.2 Å². The summed E-state index contributed by atoms with van der Waals surface area (Å²) >= 11 is 0. The van der Waals surface area contributed by atoms with E-state index in [-0.39, 0.29) is 53.9 Å². The van der Waals surface area contributed by atoms with E-state index in [4.69, 9.17) is 28.7 Å². The quantitative estimate of drug-likeness (QED) is 0.226. The fourth-order valence-electron chi connectivity index (χ4n) is 14.6. The average molecular weight is 779 g/mol. The number of hydrogen-bond donors (Lipinski definition) is 3. The molecule has 5 fully saturated rings. The van der Waals surface area contributed by atoms with Gasteiger partial charge in [0.05, 0.1) is 67.3 Å². The number of allylic oxidation sites excluding steroid dienone is 2. The number of ketones is 1. The molecule has 5 saturated heterocycles. The molecule has 8 aliphatic heterocycles. The van der Waals surface area contributed by atoms with Gasteiger partial charge >= 0.3 is 11.9 Å². The Kier molecular flexibility index (Phi) is 6.52. The maximum Gasteiger partial charge on any atom is 0.335 e. The summed E-state index contributed by atoms with van der Waals surface area (Å²) in [6, 6.07) is 3.73. The van der Waals surface area contributed by atoms with Crippen molar-refractivity contribution in [3.8, 4) is 5.75 Å². The Morgan fingerprint density at radius 3 is 2.47 bits per heavy atom. The summed E-state index contributed by atoms with van der Waals surface area (Å²) in [5.41, 5.74) is 3.83. The van der Waals surface area contributed by atoms with Crippen LogP contribution in [-0.2, 0) is 38.7 Å². The van der Waals surface area contributed by atoms with Crippen molar-refractivity contribution in [2.45, 2.75) is 100 Å². The molecule has 14 heteroatoms. The third kappa shape index (κ3) is 3.59. The van der Waals surface area contributed by atoms with Crippen LogP contribution >= 0.6 is 0 Å². The summed E-state index contributed by atoms with van der Waals surface area (Å²) in [6.07, 6.45) is 3.55. The Balaban J connectivity index is 1.04. The van der Waals surface area contributed by atoms with E-state index in [1.165, 1.54) is 27.4 Å². The van der Waals surface area contributed by atoms with Gasteiger partial charge in [-0.15, -0.1) is 0 Å². The van der Waals surface area contributed by atoms with Gasteiger partial charge in [0.15, 0.2) is 5.76 Å². The molecular formula is C43H46N4O10. The Morgan fingerprint density at radius 1 is 1.00 bits per heavy atom. The zero-order valence-electron chi connectivity index (χ0n) is 32.6. The molecule has 0 unspecified atom stereocenters. The average Bonchev–Trinajstić information content (AvgIpc) is 3.56. The lowest BCUT2D eigenvalue weighted by molar-refractivity contribution is -0.172. The lowest BCUT2D eigenvalue weighted by Gasteiger charge is -2.60. The van der Waals surface area contributed by atoms with Crippen LogP contribution in [0.3, 0.4) is 0 Å². The number of benzene rings is 1. The van der Waals surface area contributed by atoms with Crippen LogP contribution < -0.4 is 10.1 Å². The van der Waals surface area contributed by atoms with Gasteiger partial charge in [-0.25, -0.2) is 14.6 Å². The van der Waals surface area contributed by atoms with E-state index >= 15 is 0 Å². The molecule has 3 N–H and O–H groups in total. The number of piperidine rings is 2. The second-order valence-corrected chi connectivity index (χ2v) is 18.1. The van der Waals surface area contributed by atoms with Crippen LogP contribution in [-0.4, -0.2) is 121 Å². The second-order valence-electron chi connectivity index (χ2n) is 18.1. The molecule has 2 spiro atoms. The van der Waals surface area contributed by atoms with Gasteiger partial charge in [0.1, 0.15) is 23.7 Å². The second kappa shape index (κ2) is 10.8. The largest absolute Gasteiger partial charge is 0.502 e. The lowest BCUT2D eigenvalue weighted by atomic mass is 9.51. The number of aliphatic hydroxyl groups is 2. The molecule has 0 aromatic heterocycles. The summed E-state index contributed by atoms with van der Waals surface area (Å²) in [5.74, 6) is -1.31. The third-order valence-electron chi connectivity index (χ3n) is 16.6. The zero-order valence-corrected chi connectivity index (χ0v) is 32.6. The molecule has 0 radical (unpaired) electrons. The SMILES string of the molecule is CC[C@@]12CC(C(=O)OC)=C3N=C4C(=CC(=O)C(O)=C4OC)[C@@]34CCN([C@@H]3c5cc6c(cc5O[C@@H]3[C@H]1O)NC1=C(C(=O)OC)C[C@]3(CC)[C@@H]5O[C@@H]5CN5CC[C@@]16[C@@H]53)[C@H]42. The van der Waals surface area contributed by atoms with E-state index in [2.05, 4.69) is 34.2 Å². The van der Waals surface area contributed by atoms with Crippen molar-refractivity contribution < 1.29 is 48.3 Å². The van der Waals surface area contributed by atoms with Gasteiger partial charge in [-0.05, 0) is 68.3 Å². The molecule has 0 amide bonds. The Bertz CT molecular complexity index is 2350. The molecule has 8 heterocycles. The highest BCUT2D eigenvalue weighted by Crippen LogP contribution is 2.72. The summed E-state index contributed by atoms with van der Waals surface area (Å²) in [6.45, 7) is 6.59. The van der Waals surface area contributed by atoms with E-state index in [0.717, 1.165) is 48.4 Å². The molecular weight excluding hydrogens is 732 g/mol. The monoisotopic (exact) mass is 778 g/mol. The smallest absolute Gasteiger partial charge is 0.335 e. The molecule has 12 rings (SSSR count). The van der Waals surface area contributed by atoms with Crippen molar-refractivity contribution in [2.24, 2.45) is 21.2 Å². The fourth-order valence-corrected chi connectivity index (χ4v) is 14.6. The maximum atomic E-state index is 13.8. The molecule has 57 heavy (non-hydrogen) atoms. The van der Waals surface area contributed by atoms with Gasteiger partial charge in [-0.3, -0.25) is 14.6 Å². The normalized spacial score (nSPS) is 42.3. The summed E-state index contributed by atoms with van der Waals surface area (Å²) in [4.78, 5) is 51.0. The number of fused-ring (bicyclic) bond motifs is 8. The van der Waals surface area contributed by atoms with Crippen molar-refractivity contribution in [2.75, 3.05) is 46.3 Å². The standard InChI is InChI=1S/C43H46N4O10/c1-6-40-15-19(36(51)54-4)33-43(22-13-24(48)29(49)30(53-3)27(22)45-33)9-11-47(39(40)43)28-18-12-21-23(14-25(18)56-31(28)34(40)50)44-32-20(37(52)55-5)16-41(7-2)35-26(57-35)17-46-10-8-42(21,32)38(41)46/h12-14,26,28,31,34-35,38-39,44,49-50H,6-11,15-17H2,1-5H3/t26-,28-,31+,34-,35-,38+,39+,40-,41-,42+,43+/m1/s1. The number of carbonyl (C=O) groups excluding carboxylic acids is 3. The van der Waals surface area contributed by atoms with Crippen molar-refractivity contribution in [1.82, 2.24) is 9.80 Å². The number of nitrogens with one attached hydrogen (secondary N) is 1. The Labute approximate surface area is 329 Å². The minimum atomic E-state index is -1.01. The number of rotatable bonds is 5. The number of aliphatic imine (C=N–C) groups is 1. The number of carbonyl (C=O) groups is 3. The van der Waals surface area contributed by atoms with E-state index in [1.807, 2.05) is 6.92 Å². The molecule has 11 aliphatic rings. The van der Waals surface area contributed by atoms with Crippen molar-refractivity contribution in [1.29, 1.82) is 0 Å². The number of nitrogens with zero attached hydrogens (tertiary/aromatic N) is 3. The number of anilines is 1. The first-order valence-electron chi connectivity index (χ1n) is 20.4. The highest BCUT2D eigenvalue weighted by molar-refractivity contribution is 6.26. The number of hydrogen-bond acceptors (Lipinski definition) is 14. The van der Waals surface area contributed by atoms with E-state index in [1.54, 1.807) is 0 Å². The predicted molar refractivity (Wildman–Crippen MR) is 201 cm³/mol. The van der Waals surface area contributed by atoms with Crippen LogP contribution in [0.15, 0.2) is 62.8 Å². The van der Waals surface area contributed by atoms with E-state index < -0.39 is 46.0 Å². The zero-order chi connectivity index (χ0) is 39.3. The van der Waals surface area contributed by atoms with Crippen LogP contribution in [0, 0.1) is 16.2 Å². The van der Waals surface area contributed by atoms with Crippen LogP contribution in [0.25, 0.3) is 0 Å². The Hall–Kier alpha value is -4.50. The predicted octanol–water partition coefficient (Wildman–Crippen LogP) is 3.28. The van der Waals surface area contributed by atoms with Crippen LogP contribution in [0.2, 0.25) is 0 Å². The maximum absolute atomic E-state index is 13.8. The highest BCUT2D eigenvalue weighted by atomic mass is 16.6. The molecule has 0 saturated carbocycles. The van der Waals surface area contributed by atoms with Gasteiger partial charge in [0, 0.05) is 59.0 Å². The molecule has 1 aromatic carbocycles. The molecule has 298 valence electrons. The first-order valence-corrected chi connectivity index (χ1v) is 20.4. The molecule has 1 aromatic rings. The fraction of sp³-hybridized carbons (Fsp3) is 0.581. The van der Waals surface area contributed by atoms with Gasteiger partial charge in [-0.1, -0.05) is 13.8 Å². The minimum absolute atomic E-state index is 0.0216. The van der Waals surface area contributed by atoms with E-state index in [9.17, 15) is 24.6 Å². The number of epoxide rings is 1. The van der Waals surface area contributed by atoms with Gasteiger partial charge in [0.25, 0.3) is 0 Å². The summed E-state index contributed by atoms with van der Waals surface area (Å²) < 4.78 is 29.8. The molecule has 14 nitrogen and oxygen atoms in total. The van der Waals surface area contributed by atoms with Crippen LogP contribution in [0.1, 0.15) is 69.5 Å². The van der Waals surface area contributed by atoms with Gasteiger partial charge in [0.2, 0.25) is 11.5 Å². The summed E-state index contributed by atoms with van der Waals surface area (Å²) in [5, 5.41) is 27.5. The lowest BCUT2D eigenvalue weighted by Crippen LogP contribution is -2.68. The van der Waals surface area contributed by atoms with E-state index in [0.29, 0.717) is 59.7 Å². The first-order chi connectivity index (χ1) is 27.5. The van der Waals surface area contributed by atoms with Crippen molar-refractivity contribution in [3.63, 3.8) is 0 Å². The first kappa shape index (κ1) is 34.5. The molecule has 3 aliphatic carbocycles. The molecule has 0 bridgehead atoms. The van der Waals surface area contributed by atoms with Crippen LogP contribution in [0.5, 0.6) is 5.75 Å². The molecule has 11 atom stereocenters. The minimum Gasteiger partial charge on any atom is -0.502 e. The van der Waals surface area contributed by atoms with Crippen LogP contribution in [0.4, 0.5) is 5.69 Å². The number of esters is 2.